The molecule has 1 aromatic carbocycles. The minimum Gasteiger partial charge on any atom is -0.511 e. The van der Waals surface area contributed by atoms with Crippen molar-refractivity contribution in [3.05, 3.63) is 82.4 Å². The molecule has 0 saturated heterocycles. The Bertz CT molecular complexity index is 1360. The van der Waals surface area contributed by atoms with E-state index in [1.165, 1.54) is 0 Å². The predicted molar refractivity (Wildman–Crippen MR) is 159 cm³/mol. The van der Waals surface area contributed by atoms with Crippen LogP contribution in [0.1, 0.15) is 85.6 Å². The molecule has 1 heterocycles. The number of carboxylic acids is 1. The first kappa shape index (κ1) is 30.5. The van der Waals surface area contributed by atoms with Gasteiger partial charge in [0.05, 0.1) is 17.8 Å². The zero-order chi connectivity index (χ0) is 30.4. The van der Waals surface area contributed by atoms with Gasteiger partial charge in [-0.2, -0.15) is 0 Å². The highest BCUT2D eigenvalue weighted by atomic mass is 16.5. The van der Waals surface area contributed by atoms with Crippen LogP contribution in [0, 0.1) is 28.6 Å². The lowest BCUT2D eigenvalue weighted by Crippen LogP contribution is -2.52. The monoisotopic (exact) mass is 560 g/mol. The van der Waals surface area contributed by atoms with E-state index >= 15 is 0 Å². The fourth-order valence-corrected chi connectivity index (χ4v) is 7.05. The summed E-state index contributed by atoms with van der Waals surface area (Å²) in [5.74, 6) is -2.92. The summed E-state index contributed by atoms with van der Waals surface area (Å²) >= 11 is 0. The van der Waals surface area contributed by atoms with Gasteiger partial charge in [-0.15, -0.1) is 0 Å². The summed E-state index contributed by atoms with van der Waals surface area (Å²) in [4.78, 5) is 40.8. The van der Waals surface area contributed by atoms with Crippen molar-refractivity contribution in [3.63, 3.8) is 0 Å². The number of ether oxygens (including phenoxy) is 1. The molecule has 1 aliphatic heterocycles. The molecule has 1 fully saturated rings. The standard InChI is InChI=1S/C35H44O6/c1-19(2)14-15-35(18-24-16-26(20(3)4)34(24,7)8)32(39)28(25(17-27(36)37)23-12-10-9-11-13-23)31-29(33(35)40)30(38)21(5)22(6)41-31/h9-14,21-22,24-26,39H,3,15-18H2,1-2,4-8H3,(H,36,37)/t21-,22+,24+,25-,26-,35+/m0/s1. The molecular formula is C35H44O6. The van der Waals surface area contributed by atoms with Crippen LogP contribution >= 0.6 is 0 Å². The number of ketones is 2. The van der Waals surface area contributed by atoms with Crippen molar-refractivity contribution in [2.45, 2.75) is 86.2 Å². The van der Waals surface area contributed by atoms with Gasteiger partial charge < -0.3 is 14.9 Å². The van der Waals surface area contributed by atoms with Gasteiger partial charge in [0, 0.05) is 11.5 Å². The number of hydrogen-bond donors (Lipinski definition) is 2. The first-order chi connectivity index (χ1) is 19.1. The van der Waals surface area contributed by atoms with Crippen molar-refractivity contribution < 1.29 is 29.3 Å². The van der Waals surface area contributed by atoms with Crippen LogP contribution in [-0.4, -0.2) is 33.9 Å². The van der Waals surface area contributed by atoms with E-state index in [1.807, 2.05) is 57.2 Å². The van der Waals surface area contributed by atoms with Crippen molar-refractivity contribution in [2.75, 3.05) is 0 Å². The van der Waals surface area contributed by atoms with Crippen LogP contribution in [0.3, 0.4) is 0 Å². The van der Waals surface area contributed by atoms with E-state index in [1.54, 1.807) is 13.8 Å². The van der Waals surface area contributed by atoms with Crippen LogP contribution in [0.2, 0.25) is 0 Å². The van der Waals surface area contributed by atoms with Gasteiger partial charge in [-0.05, 0) is 69.8 Å². The van der Waals surface area contributed by atoms with Gasteiger partial charge in [-0.3, -0.25) is 14.4 Å². The third-order valence-corrected chi connectivity index (χ3v) is 9.96. The average Bonchev–Trinajstić information content (AvgIpc) is 2.89. The number of carboxylic acid groups (broad SMARTS) is 1. The summed E-state index contributed by atoms with van der Waals surface area (Å²) in [5.41, 5.74) is 1.38. The number of rotatable bonds is 9. The van der Waals surface area contributed by atoms with E-state index in [9.17, 15) is 24.6 Å². The number of aliphatic hydroxyl groups excluding tert-OH is 1. The third kappa shape index (κ3) is 5.22. The molecular weight excluding hydrogens is 516 g/mol. The lowest BCUT2D eigenvalue weighted by atomic mass is 9.48. The maximum Gasteiger partial charge on any atom is 0.304 e. The number of allylic oxidation sites excluding steroid dienone is 6. The van der Waals surface area contributed by atoms with Gasteiger partial charge in [-0.1, -0.05) is 74.9 Å². The molecule has 0 radical (unpaired) electrons. The number of benzene rings is 1. The van der Waals surface area contributed by atoms with Crippen LogP contribution < -0.4 is 0 Å². The highest BCUT2D eigenvalue weighted by Gasteiger charge is 2.59. The van der Waals surface area contributed by atoms with Crippen molar-refractivity contribution in [2.24, 2.45) is 28.6 Å². The van der Waals surface area contributed by atoms with E-state index in [0.717, 1.165) is 17.6 Å². The Balaban J connectivity index is 2.01. The summed E-state index contributed by atoms with van der Waals surface area (Å²) in [6.45, 7) is 17.9. The third-order valence-electron chi connectivity index (χ3n) is 9.96. The van der Waals surface area contributed by atoms with E-state index in [4.69, 9.17) is 4.74 Å². The minimum atomic E-state index is -1.42. The zero-order valence-electron chi connectivity index (χ0n) is 25.4. The molecule has 6 nitrogen and oxygen atoms in total. The molecule has 41 heavy (non-hydrogen) atoms. The fraction of sp³-hybridized carbons (Fsp3) is 0.514. The highest BCUT2D eigenvalue weighted by molar-refractivity contribution is 6.25. The first-order valence-corrected chi connectivity index (χ1v) is 14.6. The largest absolute Gasteiger partial charge is 0.511 e. The molecule has 0 spiro atoms. The van der Waals surface area contributed by atoms with E-state index < -0.39 is 35.1 Å². The SMILES string of the molecule is C=C(C)[C@@H]1C[C@H](C[C@@]2(CC=C(C)C)C(=O)C3=C(O[C@H](C)[C@H](C)C3=O)C([C@@H](CC(=O)O)c3ccccc3)=C2O)C1(C)C. The number of carbonyl (C=O) groups excluding carboxylic acids is 2. The maximum atomic E-state index is 14.7. The lowest BCUT2D eigenvalue weighted by Gasteiger charge is -2.56. The van der Waals surface area contributed by atoms with Gasteiger partial charge in [0.1, 0.15) is 23.2 Å². The Morgan fingerprint density at radius 2 is 1.78 bits per heavy atom. The molecule has 6 heteroatoms. The lowest BCUT2D eigenvalue weighted by molar-refractivity contribution is -0.137. The van der Waals surface area contributed by atoms with Gasteiger partial charge in [0.15, 0.2) is 11.6 Å². The van der Waals surface area contributed by atoms with E-state index in [0.29, 0.717) is 12.0 Å². The average molecular weight is 561 g/mol. The Morgan fingerprint density at radius 3 is 2.32 bits per heavy atom. The summed E-state index contributed by atoms with van der Waals surface area (Å²) in [6, 6.07) is 9.09. The second-order valence-corrected chi connectivity index (χ2v) is 13.3. The van der Waals surface area contributed by atoms with E-state index in [2.05, 4.69) is 20.4 Å². The second-order valence-electron chi connectivity index (χ2n) is 13.3. The fourth-order valence-electron chi connectivity index (χ4n) is 7.05. The van der Waals surface area contributed by atoms with E-state index in [-0.39, 0.29) is 58.5 Å². The molecule has 0 aromatic heterocycles. The maximum absolute atomic E-state index is 14.7. The van der Waals surface area contributed by atoms with Gasteiger partial charge in [0.25, 0.3) is 0 Å². The summed E-state index contributed by atoms with van der Waals surface area (Å²) in [6.07, 6.45) is 2.44. The first-order valence-electron chi connectivity index (χ1n) is 14.6. The van der Waals surface area contributed by atoms with Crippen LogP contribution in [-0.2, 0) is 19.1 Å². The van der Waals surface area contributed by atoms with Crippen molar-refractivity contribution in [1.29, 1.82) is 0 Å². The molecule has 3 aliphatic rings. The van der Waals surface area contributed by atoms with Crippen molar-refractivity contribution >= 4 is 17.5 Å². The smallest absolute Gasteiger partial charge is 0.304 e. The normalized spacial score (nSPS) is 29.7. The van der Waals surface area contributed by atoms with Gasteiger partial charge in [-0.25, -0.2) is 0 Å². The molecule has 2 aliphatic carbocycles. The van der Waals surface area contributed by atoms with Crippen LogP contribution in [0.5, 0.6) is 0 Å². The highest BCUT2D eigenvalue weighted by Crippen LogP contribution is 2.61. The quantitative estimate of drug-likeness (QED) is 0.240. The molecule has 0 unspecified atom stereocenters. The van der Waals surface area contributed by atoms with Gasteiger partial charge >= 0.3 is 5.97 Å². The second kappa shape index (κ2) is 11.1. The molecule has 0 amide bonds. The summed E-state index contributed by atoms with van der Waals surface area (Å²) < 4.78 is 6.26. The van der Waals surface area contributed by atoms with Crippen LogP contribution in [0.4, 0.5) is 0 Å². The number of Topliss-reactive ketones (excluding diaryl/α,β-unsaturated/α-hetero) is 2. The number of aliphatic hydroxyl groups is 1. The van der Waals surface area contributed by atoms with Gasteiger partial charge in [0.2, 0.25) is 0 Å². The minimum absolute atomic E-state index is 0.0366. The zero-order valence-corrected chi connectivity index (χ0v) is 25.4. The summed E-state index contributed by atoms with van der Waals surface area (Å²) in [5, 5.41) is 22.4. The predicted octanol–water partition coefficient (Wildman–Crippen LogP) is 7.49. The Morgan fingerprint density at radius 1 is 1.15 bits per heavy atom. The van der Waals surface area contributed by atoms with Crippen molar-refractivity contribution in [1.82, 2.24) is 0 Å². The molecule has 220 valence electrons. The molecule has 4 rings (SSSR count). The molecule has 2 N–H and O–H groups in total. The van der Waals surface area contributed by atoms with Crippen molar-refractivity contribution in [3.8, 4) is 0 Å². The molecule has 6 atom stereocenters. The topological polar surface area (TPSA) is 101 Å². The Kier molecular flexibility index (Phi) is 8.28. The molecule has 1 aromatic rings. The number of hydrogen-bond acceptors (Lipinski definition) is 5. The molecule has 1 saturated carbocycles. The molecule has 0 bridgehead atoms. The Hall–Kier alpha value is -3.41. The van der Waals surface area contributed by atoms with Crippen LogP contribution in [0.15, 0.2) is 76.8 Å². The number of aliphatic carboxylic acids is 1. The number of carbonyl (C=O) groups is 3. The summed E-state index contributed by atoms with van der Waals surface area (Å²) in [7, 11) is 0. The van der Waals surface area contributed by atoms with Crippen LogP contribution in [0.25, 0.3) is 0 Å². The Labute approximate surface area is 243 Å².